The van der Waals surface area contributed by atoms with Crippen LogP contribution in [0.3, 0.4) is 0 Å². The standard InChI is InChI=1S/C36H36Cl2N4O8/c1-48-31-7-4-23(14-32(31)49-2)26(15-28-29(37)18-41(47)19-30(28)38)27-13-21(3-6-25(27)35(44)45)17-42(24-5-8-34(43)39-16-24)36(46)50-33-20-40-11-9-22(33)10-12-40/h3-8,13-14,16,18-19,22,26,33H,9-12,15,17,20H2,1-2H3,(H,39,43)(H,44,45)/t26-,33-/m0/s1. The molecular weight excluding hydrogens is 687 g/mol. The van der Waals surface area contributed by atoms with Gasteiger partial charge in [-0.2, -0.15) is 4.73 Å². The third kappa shape index (κ3) is 7.52. The van der Waals surface area contributed by atoms with E-state index in [-0.39, 0.29) is 46.5 Å². The maximum atomic E-state index is 13.9. The molecule has 4 aromatic rings. The van der Waals surface area contributed by atoms with E-state index in [2.05, 4.69) is 9.88 Å². The number of anilines is 1. The zero-order valence-corrected chi connectivity index (χ0v) is 28.9. The number of aromatic nitrogens is 2. The van der Waals surface area contributed by atoms with Gasteiger partial charge in [-0.3, -0.25) is 9.80 Å². The number of hydrogen-bond donors (Lipinski definition) is 2. The molecule has 14 heteroatoms. The predicted octanol–water partition coefficient (Wildman–Crippen LogP) is 6.05. The Bertz CT molecular complexity index is 1860. The fraction of sp³-hybridized carbons (Fsp3) is 0.333. The van der Waals surface area contributed by atoms with Crippen LogP contribution in [0.25, 0.3) is 0 Å². The molecule has 2 aromatic heterocycles. The van der Waals surface area contributed by atoms with Crippen LogP contribution < -0.4 is 19.1 Å². The molecule has 7 rings (SSSR count). The van der Waals surface area contributed by atoms with Gasteiger partial charge < -0.3 is 29.6 Å². The van der Waals surface area contributed by atoms with Gasteiger partial charge in [-0.1, -0.05) is 41.4 Å². The summed E-state index contributed by atoms with van der Waals surface area (Å²) in [6.07, 6.45) is 4.95. The highest BCUT2D eigenvalue weighted by Gasteiger charge is 2.37. The number of ether oxygens (including phenoxy) is 3. The number of amides is 1. The van der Waals surface area contributed by atoms with E-state index in [9.17, 15) is 25.0 Å². The van der Waals surface area contributed by atoms with E-state index in [1.54, 1.807) is 36.4 Å². The van der Waals surface area contributed by atoms with E-state index in [1.807, 2.05) is 0 Å². The Morgan fingerprint density at radius 3 is 2.36 bits per heavy atom. The van der Waals surface area contributed by atoms with E-state index in [0.717, 1.165) is 25.9 Å². The number of aromatic hydroxyl groups is 1. The van der Waals surface area contributed by atoms with Crippen LogP contribution in [0.2, 0.25) is 10.0 Å². The fourth-order valence-electron chi connectivity index (χ4n) is 6.82. The topological polar surface area (TPSA) is 149 Å². The lowest BCUT2D eigenvalue weighted by Gasteiger charge is -2.44. The highest BCUT2D eigenvalue weighted by molar-refractivity contribution is 6.35. The minimum atomic E-state index is -1.17. The zero-order valence-electron chi connectivity index (χ0n) is 27.4. The molecular formula is C36H36Cl2N4O8. The lowest BCUT2D eigenvalue weighted by Crippen LogP contribution is -2.53. The molecule has 0 unspecified atom stereocenters. The van der Waals surface area contributed by atoms with Crippen LogP contribution in [0.5, 0.6) is 17.4 Å². The Morgan fingerprint density at radius 2 is 1.76 bits per heavy atom. The number of benzene rings is 2. The lowest BCUT2D eigenvalue weighted by molar-refractivity contribution is -0.605. The molecule has 0 spiro atoms. The number of carbonyl (C=O) groups is 2. The number of carbonyl (C=O) groups excluding carboxylic acids is 1. The number of nitrogens with zero attached hydrogens (tertiary/aromatic N) is 4. The Morgan fingerprint density at radius 1 is 1.04 bits per heavy atom. The van der Waals surface area contributed by atoms with Gasteiger partial charge in [-0.05, 0) is 79.2 Å². The highest BCUT2D eigenvalue weighted by Crippen LogP contribution is 2.39. The van der Waals surface area contributed by atoms with E-state index in [1.165, 1.54) is 49.8 Å². The quantitative estimate of drug-likeness (QED) is 0.138. The molecule has 2 aromatic carbocycles. The molecule has 2 N–H and O–H groups in total. The van der Waals surface area contributed by atoms with Gasteiger partial charge in [0.1, 0.15) is 16.1 Å². The number of halogens is 2. The molecule has 50 heavy (non-hydrogen) atoms. The number of carboxylic acid groups (broad SMARTS) is 1. The number of rotatable bonds is 11. The first-order valence-corrected chi connectivity index (χ1v) is 16.8. The number of fused-ring (bicyclic) bond motifs is 3. The molecule has 2 bridgehead atoms. The van der Waals surface area contributed by atoms with Crippen LogP contribution in [-0.4, -0.2) is 72.1 Å². The number of methoxy groups -OCH3 is 2. The summed E-state index contributed by atoms with van der Waals surface area (Å²) >= 11 is 13.1. The molecule has 0 aliphatic carbocycles. The van der Waals surface area contributed by atoms with Gasteiger partial charge >= 0.3 is 12.1 Å². The predicted molar refractivity (Wildman–Crippen MR) is 185 cm³/mol. The molecule has 3 saturated heterocycles. The second-order valence-electron chi connectivity index (χ2n) is 12.4. The van der Waals surface area contributed by atoms with Gasteiger partial charge in [0.15, 0.2) is 23.9 Å². The van der Waals surface area contributed by atoms with Crippen molar-refractivity contribution < 1.29 is 38.7 Å². The van der Waals surface area contributed by atoms with Gasteiger partial charge in [-0.15, -0.1) is 0 Å². The fourth-order valence-corrected chi connectivity index (χ4v) is 7.42. The Kier molecular flexibility index (Phi) is 10.5. The summed E-state index contributed by atoms with van der Waals surface area (Å²) in [6.45, 7) is 2.64. The third-order valence-electron chi connectivity index (χ3n) is 9.45. The molecule has 3 fully saturated rings. The van der Waals surface area contributed by atoms with Crippen molar-refractivity contribution >= 4 is 41.0 Å². The molecule has 3 aliphatic heterocycles. The second kappa shape index (κ2) is 15.0. The van der Waals surface area contributed by atoms with Crippen LogP contribution in [-0.2, 0) is 17.7 Å². The summed E-state index contributed by atoms with van der Waals surface area (Å²) < 4.78 is 17.6. The maximum absolute atomic E-state index is 13.9. The number of aromatic carboxylic acids is 1. The highest BCUT2D eigenvalue weighted by atomic mass is 35.5. The van der Waals surface area contributed by atoms with E-state index in [4.69, 9.17) is 37.4 Å². The molecule has 5 heterocycles. The summed E-state index contributed by atoms with van der Waals surface area (Å²) in [7, 11) is 3.01. The first kappa shape index (κ1) is 35.1. The normalized spacial score (nSPS) is 18.7. The first-order chi connectivity index (χ1) is 24.0. The minimum absolute atomic E-state index is 0.000966. The van der Waals surface area contributed by atoms with Crippen molar-refractivity contribution in [3.05, 3.63) is 110 Å². The number of hydrogen-bond acceptors (Lipinski definition) is 9. The average Bonchev–Trinajstić information content (AvgIpc) is 3.11. The number of piperidine rings is 3. The van der Waals surface area contributed by atoms with Crippen molar-refractivity contribution in [2.24, 2.45) is 5.92 Å². The molecule has 1 amide bonds. The Balaban J connectivity index is 1.42. The zero-order chi connectivity index (χ0) is 35.5. The van der Waals surface area contributed by atoms with Crippen LogP contribution in [0.15, 0.2) is 67.1 Å². The number of carboxylic acids is 1. The van der Waals surface area contributed by atoms with Crippen molar-refractivity contribution in [3.63, 3.8) is 0 Å². The SMILES string of the molecule is COc1ccc([C@H](Cc2c(Cl)c[n+]([O-])cc2Cl)c2cc(CN(C(=O)O[C@H]3CN4CCC3CC4)c3ccc(O)nc3)ccc2C(=O)O)cc1OC. The summed E-state index contributed by atoms with van der Waals surface area (Å²) in [5.41, 5.74) is 2.51. The van der Waals surface area contributed by atoms with Crippen molar-refractivity contribution in [1.29, 1.82) is 0 Å². The Labute approximate surface area is 298 Å². The molecule has 12 nitrogen and oxygen atoms in total. The monoisotopic (exact) mass is 722 g/mol. The molecule has 262 valence electrons. The summed E-state index contributed by atoms with van der Waals surface area (Å²) in [6, 6.07) is 13.1. The molecule has 3 aliphatic rings. The van der Waals surface area contributed by atoms with Crippen LogP contribution in [0, 0.1) is 11.1 Å². The Hall–Kier alpha value is -4.78. The van der Waals surface area contributed by atoms with Crippen molar-refractivity contribution in [2.45, 2.75) is 37.8 Å². The first-order valence-electron chi connectivity index (χ1n) is 16.0. The van der Waals surface area contributed by atoms with Gasteiger partial charge in [-0.25, -0.2) is 14.6 Å². The maximum Gasteiger partial charge on any atom is 0.414 e. The van der Waals surface area contributed by atoms with Crippen molar-refractivity contribution in [2.75, 3.05) is 38.8 Å². The van der Waals surface area contributed by atoms with E-state index >= 15 is 0 Å². The summed E-state index contributed by atoms with van der Waals surface area (Å²) in [4.78, 5) is 34.3. The van der Waals surface area contributed by atoms with E-state index < -0.39 is 18.0 Å². The molecule has 2 atom stereocenters. The van der Waals surface area contributed by atoms with Crippen LogP contribution >= 0.6 is 23.2 Å². The van der Waals surface area contributed by atoms with Crippen molar-refractivity contribution in [1.82, 2.24) is 9.88 Å². The second-order valence-corrected chi connectivity index (χ2v) is 13.2. The number of pyridine rings is 2. The van der Waals surface area contributed by atoms with Crippen LogP contribution in [0.1, 0.15) is 51.4 Å². The minimum Gasteiger partial charge on any atom is -0.619 e. The van der Waals surface area contributed by atoms with Crippen molar-refractivity contribution in [3.8, 4) is 17.4 Å². The van der Waals surface area contributed by atoms with Crippen LogP contribution in [0.4, 0.5) is 10.5 Å². The molecule has 0 saturated carbocycles. The molecule has 0 radical (unpaired) electrons. The summed E-state index contributed by atoms with van der Waals surface area (Å²) in [5, 5.41) is 32.6. The van der Waals surface area contributed by atoms with Gasteiger partial charge in [0.2, 0.25) is 5.88 Å². The van der Waals surface area contributed by atoms with Gasteiger partial charge in [0, 0.05) is 24.1 Å². The average molecular weight is 724 g/mol. The largest absolute Gasteiger partial charge is 0.619 e. The van der Waals surface area contributed by atoms with E-state index in [0.29, 0.717) is 50.7 Å². The summed E-state index contributed by atoms with van der Waals surface area (Å²) in [5.74, 6) is -0.856. The third-order valence-corrected chi connectivity index (χ3v) is 10.1. The lowest BCUT2D eigenvalue weighted by atomic mass is 9.82. The van der Waals surface area contributed by atoms with Gasteiger partial charge in [0.25, 0.3) is 0 Å². The van der Waals surface area contributed by atoms with Gasteiger partial charge in [0.05, 0.1) is 38.2 Å². The smallest absolute Gasteiger partial charge is 0.414 e.